The van der Waals surface area contributed by atoms with Gasteiger partial charge in [-0.15, -0.1) is 0 Å². The van der Waals surface area contributed by atoms with E-state index >= 15 is 0 Å². The topological polar surface area (TPSA) is 67.2 Å². The summed E-state index contributed by atoms with van der Waals surface area (Å²) in [4.78, 5) is 17.0. The molecular weight excluding hydrogens is 395 g/mol. The Kier molecular flexibility index (Phi) is 5.05. The Morgan fingerprint density at radius 2 is 1.87 bits per heavy atom. The largest absolute Gasteiger partial charge is 0.416 e. The van der Waals surface area contributed by atoms with E-state index in [0.717, 1.165) is 31.4 Å². The van der Waals surface area contributed by atoms with Gasteiger partial charge in [-0.2, -0.15) is 13.2 Å². The van der Waals surface area contributed by atoms with Crippen LogP contribution >= 0.6 is 0 Å². The number of aliphatic hydroxyl groups is 1. The van der Waals surface area contributed by atoms with Crippen molar-refractivity contribution >= 4 is 22.9 Å². The summed E-state index contributed by atoms with van der Waals surface area (Å²) in [5, 5.41) is 13.4. The number of halogens is 3. The highest BCUT2D eigenvalue weighted by molar-refractivity contribution is 5.92. The number of benzene rings is 2. The molecule has 3 aromatic rings. The third-order valence-corrected chi connectivity index (χ3v) is 5.61. The second kappa shape index (κ2) is 7.43. The molecule has 4 rings (SSSR count). The molecule has 5 nitrogen and oxygen atoms in total. The van der Waals surface area contributed by atoms with Crippen molar-refractivity contribution in [3.05, 3.63) is 59.7 Å². The van der Waals surface area contributed by atoms with E-state index in [1.54, 1.807) is 35.8 Å². The SMILES string of the molecule is C[C@](O)(CC(=O)Nc1nc2ccc(C(F)(F)F)cc2n1C1CCC1)c1ccccc1. The number of amides is 1. The smallest absolute Gasteiger partial charge is 0.385 e. The fourth-order valence-corrected chi connectivity index (χ4v) is 3.75. The van der Waals surface area contributed by atoms with E-state index in [1.165, 1.54) is 6.07 Å². The van der Waals surface area contributed by atoms with Crippen molar-refractivity contribution in [1.82, 2.24) is 9.55 Å². The van der Waals surface area contributed by atoms with Gasteiger partial charge >= 0.3 is 6.18 Å². The maximum atomic E-state index is 13.2. The van der Waals surface area contributed by atoms with Gasteiger partial charge in [-0.25, -0.2) is 4.98 Å². The van der Waals surface area contributed by atoms with Crippen LogP contribution in [-0.4, -0.2) is 20.6 Å². The Balaban J connectivity index is 1.64. The summed E-state index contributed by atoms with van der Waals surface area (Å²) in [5.41, 5.74) is -0.801. The third kappa shape index (κ3) is 3.92. The van der Waals surface area contributed by atoms with Gasteiger partial charge in [0.1, 0.15) is 0 Å². The van der Waals surface area contributed by atoms with Gasteiger partial charge in [0.15, 0.2) is 0 Å². The summed E-state index contributed by atoms with van der Waals surface area (Å²) in [6.45, 7) is 1.55. The predicted octanol–water partition coefficient (Wildman–Crippen LogP) is 5.02. The average molecular weight is 417 g/mol. The summed E-state index contributed by atoms with van der Waals surface area (Å²) in [6.07, 6.45) is -2.07. The molecule has 2 aromatic carbocycles. The van der Waals surface area contributed by atoms with E-state index in [2.05, 4.69) is 10.3 Å². The third-order valence-electron chi connectivity index (χ3n) is 5.61. The number of aromatic nitrogens is 2. The van der Waals surface area contributed by atoms with E-state index in [4.69, 9.17) is 0 Å². The monoisotopic (exact) mass is 417 g/mol. The molecule has 1 aromatic heterocycles. The van der Waals surface area contributed by atoms with Crippen LogP contribution in [0, 0.1) is 0 Å². The molecule has 0 bridgehead atoms. The number of carbonyl (C=O) groups is 1. The number of anilines is 1. The fourth-order valence-electron chi connectivity index (χ4n) is 3.75. The van der Waals surface area contributed by atoms with Gasteiger partial charge in [-0.3, -0.25) is 10.1 Å². The summed E-state index contributed by atoms with van der Waals surface area (Å²) < 4.78 is 41.2. The molecule has 30 heavy (non-hydrogen) atoms. The van der Waals surface area contributed by atoms with Crippen molar-refractivity contribution in [3.63, 3.8) is 0 Å². The summed E-state index contributed by atoms with van der Waals surface area (Å²) in [6, 6.07) is 12.2. The van der Waals surface area contributed by atoms with Crippen molar-refractivity contribution < 1.29 is 23.1 Å². The van der Waals surface area contributed by atoms with E-state index in [9.17, 15) is 23.1 Å². The van der Waals surface area contributed by atoms with Gasteiger partial charge in [-0.05, 0) is 49.9 Å². The molecule has 1 aliphatic carbocycles. The van der Waals surface area contributed by atoms with Gasteiger partial charge in [-0.1, -0.05) is 30.3 Å². The second-order valence-electron chi connectivity index (χ2n) is 7.96. The van der Waals surface area contributed by atoms with E-state index in [0.29, 0.717) is 16.6 Å². The number of alkyl halides is 3. The lowest BCUT2D eigenvalue weighted by Crippen LogP contribution is -2.30. The molecular formula is C22H22F3N3O2. The Bertz CT molecular complexity index is 1070. The Morgan fingerprint density at radius 1 is 1.17 bits per heavy atom. The lowest BCUT2D eigenvalue weighted by molar-refractivity contribution is -0.137. The van der Waals surface area contributed by atoms with Crippen molar-refractivity contribution in [3.8, 4) is 0 Å². The van der Waals surface area contributed by atoms with Crippen LogP contribution in [0.5, 0.6) is 0 Å². The summed E-state index contributed by atoms with van der Waals surface area (Å²) in [7, 11) is 0. The lowest BCUT2D eigenvalue weighted by atomic mass is 9.92. The highest BCUT2D eigenvalue weighted by atomic mass is 19.4. The number of fused-ring (bicyclic) bond motifs is 1. The molecule has 1 heterocycles. The summed E-state index contributed by atoms with van der Waals surface area (Å²) >= 11 is 0. The first-order valence-corrected chi connectivity index (χ1v) is 9.82. The average Bonchev–Trinajstić information content (AvgIpc) is 2.97. The number of hydrogen-bond acceptors (Lipinski definition) is 3. The van der Waals surface area contributed by atoms with Gasteiger partial charge in [0.2, 0.25) is 11.9 Å². The van der Waals surface area contributed by atoms with Crippen molar-refractivity contribution in [2.45, 2.75) is 50.4 Å². The van der Waals surface area contributed by atoms with Crippen LogP contribution in [-0.2, 0) is 16.6 Å². The first-order valence-electron chi connectivity index (χ1n) is 9.82. The highest BCUT2D eigenvalue weighted by Crippen LogP contribution is 2.39. The van der Waals surface area contributed by atoms with Crippen LogP contribution in [0.1, 0.15) is 49.8 Å². The van der Waals surface area contributed by atoms with Crippen molar-refractivity contribution in [1.29, 1.82) is 0 Å². The molecule has 1 fully saturated rings. The highest BCUT2D eigenvalue weighted by Gasteiger charge is 2.33. The van der Waals surface area contributed by atoms with Crippen LogP contribution in [0.4, 0.5) is 19.1 Å². The van der Waals surface area contributed by atoms with Crippen LogP contribution < -0.4 is 5.32 Å². The molecule has 1 amide bonds. The van der Waals surface area contributed by atoms with Crippen molar-refractivity contribution in [2.75, 3.05) is 5.32 Å². The zero-order chi connectivity index (χ0) is 21.5. The molecule has 158 valence electrons. The molecule has 2 N–H and O–H groups in total. The maximum absolute atomic E-state index is 13.2. The van der Waals surface area contributed by atoms with Gasteiger partial charge in [0.05, 0.1) is 28.6 Å². The number of hydrogen-bond donors (Lipinski definition) is 2. The van der Waals surface area contributed by atoms with E-state index in [-0.39, 0.29) is 18.4 Å². The molecule has 8 heteroatoms. The van der Waals surface area contributed by atoms with E-state index in [1.807, 2.05) is 6.07 Å². The number of imidazole rings is 1. The zero-order valence-electron chi connectivity index (χ0n) is 16.4. The molecule has 0 radical (unpaired) electrons. The first kappa shape index (κ1) is 20.4. The number of nitrogens with zero attached hydrogens (tertiary/aromatic N) is 2. The molecule has 0 aliphatic heterocycles. The predicted molar refractivity (Wildman–Crippen MR) is 107 cm³/mol. The van der Waals surface area contributed by atoms with Crippen molar-refractivity contribution in [2.24, 2.45) is 0 Å². The maximum Gasteiger partial charge on any atom is 0.416 e. The molecule has 1 atom stereocenters. The molecule has 0 unspecified atom stereocenters. The van der Waals surface area contributed by atoms with Crippen LogP contribution in [0.2, 0.25) is 0 Å². The molecule has 0 saturated heterocycles. The molecule has 1 saturated carbocycles. The zero-order valence-corrected chi connectivity index (χ0v) is 16.4. The number of nitrogens with one attached hydrogen (secondary N) is 1. The minimum atomic E-state index is -4.46. The van der Waals surface area contributed by atoms with Gasteiger partial charge in [0.25, 0.3) is 0 Å². The van der Waals surface area contributed by atoms with Gasteiger partial charge in [0, 0.05) is 6.04 Å². The van der Waals surface area contributed by atoms with Crippen LogP contribution in [0.15, 0.2) is 48.5 Å². The van der Waals surface area contributed by atoms with Crippen LogP contribution in [0.3, 0.4) is 0 Å². The Hall–Kier alpha value is -2.87. The quantitative estimate of drug-likeness (QED) is 0.613. The summed E-state index contributed by atoms with van der Waals surface area (Å²) in [5.74, 6) is -0.251. The fraction of sp³-hybridized carbons (Fsp3) is 0.364. The minimum Gasteiger partial charge on any atom is -0.385 e. The number of carbonyl (C=O) groups excluding carboxylic acids is 1. The first-order chi connectivity index (χ1) is 14.1. The Morgan fingerprint density at radius 3 is 2.47 bits per heavy atom. The molecule has 0 spiro atoms. The lowest BCUT2D eigenvalue weighted by Gasteiger charge is -2.29. The second-order valence-corrected chi connectivity index (χ2v) is 7.96. The minimum absolute atomic E-state index is 0.0107. The molecule has 1 aliphatic rings. The normalized spacial score (nSPS) is 16.8. The standard InChI is InChI=1S/C22H22F3N3O2/c1-21(30,14-6-3-2-4-7-14)13-19(29)27-20-26-17-11-10-15(22(23,24)25)12-18(17)28(20)16-8-5-9-16/h2-4,6-7,10-12,16,30H,5,8-9,13H2,1H3,(H,26,27,29)/t21-/m0/s1. The van der Waals surface area contributed by atoms with Crippen LogP contribution in [0.25, 0.3) is 11.0 Å². The Labute approximate surface area is 171 Å². The van der Waals surface area contributed by atoms with Gasteiger partial charge < -0.3 is 9.67 Å². The van der Waals surface area contributed by atoms with E-state index < -0.39 is 23.2 Å². The number of rotatable bonds is 5.